The third kappa shape index (κ3) is 3.52. The molecule has 1 amide bonds. The predicted octanol–water partition coefficient (Wildman–Crippen LogP) is 3.15. The minimum absolute atomic E-state index is 0.0825. The van der Waals surface area contributed by atoms with E-state index in [1.807, 2.05) is 34.4 Å². The van der Waals surface area contributed by atoms with Gasteiger partial charge in [0.15, 0.2) is 0 Å². The van der Waals surface area contributed by atoms with Crippen LogP contribution in [0, 0.1) is 5.92 Å². The minimum atomic E-state index is 0.0825. The fraction of sp³-hybridized carbons (Fsp3) is 0.571. The number of carbonyl (C=O) groups excluding carboxylic acids is 1. The number of carbonyl (C=O) groups is 1. The van der Waals surface area contributed by atoms with Gasteiger partial charge in [0.05, 0.1) is 12.2 Å². The molecule has 3 fully saturated rings. The van der Waals surface area contributed by atoms with Crippen molar-refractivity contribution in [1.29, 1.82) is 0 Å². The van der Waals surface area contributed by atoms with Gasteiger partial charge in [-0.15, -0.1) is 11.3 Å². The van der Waals surface area contributed by atoms with Crippen LogP contribution in [0.3, 0.4) is 0 Å². The molecule has 2 aromatic heterocycles. The lowest BCUT2D eigenvalue weighted by Crippen LogP contribution is -2.44. The number of aromatic nitrogens is 2. The lowest BCUT2D eigenvalue weighted by Gasteiger charge is -2.35. The Labute approximate surface area is 164 Å². The average molecular weight is 383 g/mol. The van der Waals surface area contributed by atoms with Gasteiger partial charge in [-0.3, -0.25) is 14.7 Å². The molecule has 5 nitrogen and oxygen atoms in total. The van der Waals surface area contributed by atoms with Crippen molar-refractivity contribution >= 4 is 17.2 Å². The summed E-state index contributed by atoms with van der Waals surface area (Å²) in [7, 11) is 0. The maximum Gasteiger partial charge on any atom is 0.272 e. The molecule has 2 bridgehead atoms. The van der Waals surface area contributed by atoms with E-state index in [-0.39, 0.29) is 5.91 Å². The smallest absolute Gasteiger partial charge is 0.272 e. The van der Waals surface area contributed by atoms with Crippen LogP contribution in [0.4, 0.5) is 0 Å². The van der Waals surface area contributed by atoms with E-state index in [9.17, 15) is 4.79 Å². The second-order valence-corrected chi connectivity index (χ2v) is 9.30. The summed E-state index contributed by atoms with van der Waals surface area (Å²) in [6, 6.07) is 6.02. The van der Waals surface area contributed by atoms with Gasteiger partial charge in [0.2, 0.25) is 0 Å². The van der Waals surface area contributed by atoms with E-state index in [0.29, 0.717) is 17.7 Å². The highest BCUT2D eigenvalue weighted by atomic mass is 32.1. The number of pyridine rings is 1. The van der Waals surface area contributed by atoms with Crippen LogP contribution >= 0.6 is 11.3 Å². The Morgan fingerprint density at radius 2 is 2.07 bits per heavy atom. The van der Waals surface area contributed by atoms with Gasteiger partial charge in [-0.2, -0.15) is 0 Å². The fourth-order valence-corrected chi connectivity index (χ4v) is 6.02. The average Bonchev–Trinajstić information content (AvgIpc) is 2.89. The summed E-state index contributed by atoms with van der Waals surface area (Å²) in [4.78, 5) is 28.3. The molecule has 27 heavy (non-hydrogen) atoms. The maximum atomic E-state index is 12.9. The van der Waals surface area contributed by atoms with Crippen molar-refractivity contribution in [1.82, 2.24) is 19.8 Å². The van der Waals surface area contributed by atoms with Gasteiger partial charge < -0.3 is 4.90 Å². The normalized spacial score (nSPS) is 25.3. The molecule has 0 radical (unpaired) electrons. The Balaban J connectivity index is 1.31. The van der Waals surface area contributed by atoms with Crippen LogP contribution in [0.1, 0.15) is 51.8 Å². The second kappa shape index (κ2) is 7.32. The van der Waals surface area contributed by atoms with Crippen molar-refractivity contribution in [3.63, 3.8) is 0 Å². The number of aryl methyl sites for hydroxylation is 2. The van der Waals surface area contributed by atoms with Crippen LogP contribution in [-0.2, 0) is 19.4 Å². The standard InChI is InChI=1S/C21H26N4OS/c26-21(18-6-3-4-10-22-18)25-12-15-8-9-16(13-25)24(11-15)14-20-23-17-5-1-2-7-19(17)27-20/h3-4,6,10,15-16H,1-2,5,7-9,11-14H2/t15-,16-/m1/s1. The number of rotatable bonds is 3. The summed E-state index contributed by atoms with van der Waals surface area (Å²) >= 11 is 1.92. The zero-order valence-electron chi connectivity index (χ0n) is 15.6. The van der Waals surface area contributed by atoms with Gasteiger partial charge in [-0.05, 0) is 56.6 Å². The third-order valence-corrected chi connectivity index (χ3v) is 7.37. The molecule has 0 spiro atoms. The van der Waals surface area contributed by atoms with Crippen molar-refractivity contribution in [3.05, 3.63) is 45.7 Å². The predicted molar refractivity (Wildman–Crippen MR) is 106 cm³/mol. The number of nitrogens with zero attached hydrogens (tertiary/aromatic N) is 4. The molecule has 1 aliphatic carbocycles. The quantitative estimate of drug-likeness (QED) is 0.818. The lowest BCUT2D eigenvalue weighted by atomic mass is 9.95. The molecule has 142 valence electrons. The molecular weight excluding hydrogens is 356 g/mol. The maximum absolute atomic E-state index is 12.9. The van der Waals surface area contributed by atoms with Crippen LogP contribution in [0.5, 0.6) is 0 Å². The molecule has 0 N–H and O–H groups in total. The van der Waals surface area contributed by atoms with Crippen LogP contribution in [0.15, 0.2) is 24.4 Å². The summed E-state index contributed by atoms with van der Waals surface area (Å²) < 4.78 is 0. The number of amides is 1. The summed E-state index contributed by atoms with van der Waals surface area (Å²) in [5.41, 5.74) is 1.92. The first-order valence-electron chi connectivity index (χ1n) is 10.2. The molecule has 4 aliphatic rings. The van der Waals surface area contributed by atoms with E-state index in [1.54, 1.807) is 6.20 Å². The molecular formula is C21H26N4OS. The van der Waals surface area contributed by atoms with Crippen molar-refractivity contribution in [2.24, 2.45) is 5.92 Å². The fourth-order valence-electron chi connectivity index (χ4n) is 4.84. The van der Waals surface area contributed by atoms with E-state index in [4.69, 9.17) is 4.98 Å². The topological polar surface area (TPSA) is 49.3 Å². The molecule has 3 aliphatic heterocycles. The van der Waals surface area contributed by atoms with Crippen LogP contribution in [0.2, 0.25) is 0 Å². The lowest BCUT2D eigenvalue weighted by molar-refractivity contribution is 0.0730. The zero-order chi connectivity index (χ0) is 18.2. The molecule has 6 heteroatoms. The largest absolute Gasteiger partial charge is 0.335 e. The highest BCUT2D eigenvalue weighted by Crippen LogP contribution is 2.32. The van der Waals surface area contributed by atoms with Crippen molar-refractivity contribution in [2.45, 2.75) is 51.1 Å². The number of hydrogen-bond donors (Lipinski definition) is 0. The first-order chi connectivity index (χ1) is 13.3. The Hall–Kier alpha value is -1.79. The van der Waals surface area contributed by atoms with E-state index >= 15 is 0 Å². The number of thiazole rings is 1. The monoisotopic (exact) mass is 382 g/mol. The second-order valence-electron chi connectivity index (χ2n) is 8.14. The zero-order valence-corrected chi connectivity index (χ0v) is 16.5. The number of fused-ring (bicyclic) bond motifs is 5. The minimum Gasteiger partial charge on any atom is -0.335 e. The SMILES string of the molecule is O=C(c1ccccn1)N1C[C@@H]2CC[C@H](C1)N(Cc1nc3c(s1)CCCC3)C2. The summed E-state index contributed by atoms with van der Waals surface area (Å²) in [6.07, 6.45) is 9.08. The van der Waals surface area contributed by atoms with Crippen molar-refractivity contribution < 1.29 is 4.79 Å². The third-order valence-electron chi connectivity index (χ3n) is 6.23. The van der Waals surface area contributed by atoms with Gasteiger partial charge in [0, 0.05) is 36.8 Å². The molecule has 3 saturated heterocycles. The number of hydrogen-bond acceptors (Lipinski definition) is 5. The molecule has 0 unspecified atom stereocenters. The van der Waals surface area contributed by atoms with E-state index in [2.05, 4.69) is 9.88 Å². The number of piperidine rings is 1. The van der Waals surface area contributed by atoms with Crippen LogP contribution < -0.4 is 0 Å². The molecule has 2 atom stereocenters. The van der Waals surface area contributed by atoms with E-state index < -0.39 is 0 Å². The molecule has 2 aromatic rings. The summed E-state index contributed by atoms with van der Waals surface area (Å²) in [5, 5.41) is 1.28. The summed E-state index contributed by atoms with van der Waals surface area (Å²) in [5.74, 6) is 0.644. The van der Waals surface area contributed by atoms with E-state index in [1.165, 1.54) is 47.7 Å². The highest BCUT2D eigenvalue weighted by Gasteiger charge is 2.37. The van der Waals surface area contributed by atoms with Gasteiger partial charge in [-0.25, -0.2) is 4.98 Å². The molecule has 5 heterocycles. The molecule has 0 aromatic carbocycles. The van der Waals surface area contributed by atoms with Gasteiger partial charge in [0.1, 0.15) is 10.7 Å². The van der Waals surface area contributed by atoms with Gasteiger partial charge in [0.25, 0.3) is 5.91 Å². The Kier molecular flexibility index (Phi) is 4.70. The highest BCUT2D eigenvalue weighted by molar-refractivity contribution is 7.11. The van der Waals surface area contributed by atoms with Crippen LogP contribution in [0.25, 0.3) is 0 Å². The van der Waals surface area contributed by atoms with Gasteiger partial charge >= 0.3 is 0 Å². The van der Waals surface area contributed by atoms with Gasteiger partial charge in [-0.1, -0.05) is 6.07 Å². The molecule has 6 rings (SSSR count). The van der Waals surface area contributed by atoms with Crippen molar-refractivity contribution in [3.8, 4) is 0 Å². The van der Waals surface area contributed by atoms with Crippen LogP contribution in [-0.4, -0.2) is 51.4 Å². The first-order valence-corrected chi connectivity index (χ1v) is 11.0. The van der Waals surface area contributed by atoms with Crippen molar-refractivity contribution in [2.75, 3.05) is 19.6 Å². The Morgan fingerprint density at radius 1 is 1.15 bits per heavy atom. The Bertz CT molecular complexity index is 797. The summed E-state index contributed by atoms with van der Waals surface area (Å²) in [6.45, 7) is 3.71. The molecule has 0 saturated carbocycles. The first kappa shape index (κ1) is 17.3. The van der Waals surface area contributed by atoms with E-state index in [0.717, 1.165) is 32.6 Å². The Morgan fingerprint density at radius 3 is 2.93 bits per heavy atom.